The van der Waals surface area contributed by atoms with Crippen LogP contribution in [0.25, 0.3) is 5.57 Å². The molecule has 0 aliphatic carbocycles. The third-order valence-corrected chi connectivity index (χ3v) is 2.52. The van der Waals surface area contributed by atoms with Crippen molar-refractivity contribution in [2.24, 2.45) is 0 Å². The van der Waals surface area contributed by atoms with E-state index in [4.69, 9.17) is 0 Å². The van der Waals surface area contributed by atoms with Crippen LogP contribution in [0.15, 0.2) is 66.7 Å². The highest BCUT2D eigenvalue weighted by molar-refractivity contribution is 5.99. The van der Waals surface area contributed by atoms with Crippen LogP contribution in [0.3, 0.4) is 0 Å². The number of ketones is 1. The largest absolute Gasteiger partial charge is 0.295 e. The minimum atomic E-state index is 0.0627. The van der Waals surface area contributed by atoms with Gasteiger partial charge in [0.15, 0.2) is 5.78 Å². The number of benzene rings is 2. The molecule has 2 aromatic carbocycles. The zero-order valence-corrected chi connectivity index (χ0v) is 13.8. The van der Waals surface area contributed by atoms with Gasteiger partial charge in [0.25, 0.3) is 0 Å². The molecule has 0 bridgehead atoms. The Kier molecular flexibility index (Phi) is 10.5. The number of carbonyl (C=O) groups excluding carboxylic acids is 1. The minimum absolute atomic E-state index is 0.0627. The van der Waals surface area contributed by atoms with E-state index in [9.17, 15) is 4.79 Å². The molecule has 0 N–H and O–H groups in total. The molecule has 1 nitrogen and oxygen atoms in total. The van der Waals surface area contributed by atoms with E-state index in [0.717, 1.165) is 16.7 Å². The van der Waals surface area contributed by atoms with Gasteiger partial charge in [-0.25, -0.2) is 0 Å². The van der Waals surface area contributed by atoms with Crippen molar-refractivity contribution in [2.45, 2.75) is 34.6 Å². The van der Waals surface area contributed by atoms with E-state index < -0.39 is 0 Å². The van der Waals surface area contributed by atoms with Crippen LogP contribution < -0.4 is 0 Å². The van der Waals surface area contributed by atoms with Crippen LogP contribution in [-0.2, 0) is 4.79 Å². The fourth-order valence-electron chi connectivity index (χ4n) is 1.77. The summed E-state index contributed by atoms with van der Waals surface area (Å²) in [5.41, 5.74) is 3.10. The highest BCUT2D eigenvalue weighted by atomic mass is 16.1. The molecule has 112 valence electrons. The lowest BCUT2D eigenvalue weighted by atomic mass is 9.97. The zero-order valence-electron chi connectivity index (χ0n) is 13.8. The predicted molar refractivity (Wildman–Crippen MR) is 93.3 cm³/mol. The molecule has 2 rings (SSSR count). The summed E-state index contributed by atoms with van der Waals surface area (Å²) in [6.07, 6.45) is 1.69. The van der Waals surface area contributed by atoms with Gasteiger partial charge in [0, 0.05) is 0 Å². The molecule has 2 aromatic rings. The Morgan fingerprint density at radius 2 is 1.05 bits per heavy atom. The third-order valence-electron chi connectivity index (χ3n) is 2.52. The lowest BCUT2D eigenvalue weighted by Crippen LogP contribution is -1.91. The molecule has 0 fully saturated rings. The number of hydrogen-bond donors (Lipinski definition) is 0. The fourth-order valence-corrected chi connectivity index (χ4v) is 1.77. The van der Waals surface area contributed by atoms with E-state index in [0.29, 0.717) is 0 Å². The Bertz CT molecular complexity index is 483. The molecular formula is C20H26O. The van der Waals surface area contributed by atoms with Crippen LogP contribution in [0, 0.1) is 0 Å². The second-order valence-corrected chi connectivity index (χ2v) is 3.90. The Morgan fingerprint density at radius 3 is 1.33 bits per heavy atom. The second-order valence-electron chi connectivity index (χ2n) is 3.90. The van der Waals surface area contributed by atoms with Gasteiger partial charge in [-0.1, -0.05) is 88.4 Å². The molecule has 0 unspecified atom stereocenters. The van der Waals surface area contributed by atoms with Crippen LogP contribution in [0.1, 0.15) is 45.7 Å². The molecule has 0 amide bonds. The van der Waals surface area contributed by atoms with Gasteiger partial charge in [-0.15, -0.1) is 0 Å². The summed E-state index contributed by atoms with van der Waals surface area (Å²) in [6.45, 7) is 9.58. The summed E-state index contributed by atoms with van der Waals surface area (Å²) < 4.78 is 0. The summed E-state index contributed by atoms with van der Waals surface area (Å²) in [6, 6.07) is 19.9. The van der Waals surface area contributed by atoms with Gasteiger partial charge < -0.3 is 0 Å². The maximum atomic E-state index is 11.3. The molecule has 0 radical (unpaired) electrons. The van der Waals surface area contributed by atoms with Crippen LogP contribution in [-0.4, -0.2) is 5.78 Å². The predicted octanol–water partition coefficient (Wildman–Crippen LogP) is 5.76. The molecule has 0 heterocycles. The van der Waals surface area contributed by atoms with E-state index in [1.54, 1.807) is 13.0 Å². The number of hydrogen-bond acceptors (Lipinski definition) is 1. The van der Waals surface area contributed by atoms with Gasteiger partial charge >= 0.3 is 0 Å². The summed E-state index contributed by atoms with van der Waals surface area (Å²) in [4.78, 5) is 11.3. The van der Waals surface area contributed by atoms with E-state index in [-0.39, 0.29) is 5.78 Å². The molecule has 0 saturated carbocycles. The van der Waals surface area contributed by atoms with Crippen molar-refractivity contribution in [3.63, 3.8) is 0 Å². The van der Waals surface area contributed by atoms with Crippen molar-refractivity contribution in [3.05, 3.63) is 77.9 Å². The monoisotopic (exact) mass is 282 g/mol. The molecule has 0 spiro atoms. The first-order valence-electron chi connectivity index (χ1n) is 7.60. The number of allylic oxidation sites excluding steroid dienone is 1. The van der Waals surface area contributed by atoms with E-state index in [1.807, 2.05) is 88.4 Å². The minimum Gasteiger partial charge on any atom is -0.295 e. The van der Waals surface area contributed by atoms with Gasteiger partial charge in [-0.2, -0.15) is 0 Å². The highest BCUT2D eigenvalue weighted by Gasteiger charge is 2.04. The second kappa shape index (κ2) is 11.7. The van der Waals surface area contributed by atoms with Gasteiger partial charge in [0.05, 0.1) is 0 Å². The first kappa shape index (κ1) is 18.9. The van der Waals surface area contributed by atoms with Crippen LogP contribution in [0.4, 0.5) is 0 Å². The Labute approximate surface area is 129 Å². The lowest BCUT2D eigenvalue weighted by Gasteiger charge is -2.07. The average Bonchev–Trinajstić information content (AvgIpc) is 2.58. The van der Waals surface area contributed by atoms with E-state index in [1.165, 1.54) is 0 Å². The molecule has 0 aromatic heterocycles. The first-order chi connectivity index (χ1) is 10.3. The van der Waals surface area contributed by atoms with Crippen LogP contribution >= 0.6 is 0 Å². The van der Waals surface area contributed by atoms with Crippen molar-refractivity contribution >= 4 is 11.4 Å². The first-order valence-corrected chi connectivity index (χ1v) is 7.60. The van der Waals surface area contributed by atoms with Crippen molar-refractivity contribution in [2.75, 3.05) is 0 Å². The number of rotatable bonds is 3. The normalized spacial score (nSPS) is 8.43. The Hall–Kier alpha value is -2.15. The molecule has 0 atom stereocenters. The summed E-state index contributed by atoms with van der Waals surface area (Å²) in [5.74, 6) is 0.0627. The molecule has 0 aliphatic rings. The van der Waals surface area contributed by atoms with E-state index >= 15 is 0 Å². The topological polar surface area (TPSA) is 17.1 Å². The van der Waals surface area contributed by atoms with Crippen LogP contribution in [0.5, 0.6) is 0 Å². The quantitative estimate of drug-likeness (QED) is 0.654. The van der Waals surface area contributed by atoms with Gasteiger partial charge in [-0.05, 0) is 29.7 Å². The Balaban J connectivity index is 0.000000921. The standard InChI is InChI=1S/C16H14O.2C2H6/c1-13(17)12-16(14-8-4-2-5-9-14)15-10-6-3-7-11-15;2*1-2/h2-12H,1H3;2*1-2H3. The van der Waals surface area contributed by atoms with Crippen LogP contribution in [0.2, 0.25) is 0 Å². The molecule has 21 heavy (non-hydrogen) atoms. The number of carbonyl (C=O) groups is 1. The van der Waals surface area contributed by atoms with Crippen molar-refractivity contribution in [3.8, 4) is 0 Å². The van der Waals surface area contributed by atoms with Crippen molar-refractivity contribution in [1.82, 2.24) is 0 Å². The van der Waals surface area contributed by atoms with Gasteiger partial charge in [-0.3, -0.25) is 4.79 Å². The summed E-state index contributed by atoms with van der Waals surface area (Å²) in [7, 11) is 0. The SMILES string of the molecule is CC.CC.CC(=O)C=C(c1ccccc1)c1ccccc1. The average molecular weight is 282 g/mol. The lowest BCUT2D eigenvalue weighted by molar-refractivity contribution is -0.112. The third kappa shape index (κ3) is 6.71. The molecule has 0 saturated heterocycles. The van der Waals surface area contributed by atoms with Crippen molar-refractivity contribution in [1.29, 1.82) is 0 Å². The molecule has 1 heteroatoms. The maximum Gasteiger partial charge on any atom is 0.153 e. The maximum absolute atomic E-state index is 11.3. The van der Waals surface area contributed by atoms with Gasteiger partial charge in [0.2, 0.25) is 0 Å². The zero-order chi connectivity index (χ0) is 16.1. The van der Waals surface area contributed by atoms with Crippen molar-refractivity contribution < 1.29 is 4.79 Å². The summed E-state index contributed by atoms with van der Waals surface area (Å²) >= 11 is 0. The fraction of sp³-hybridized carbons (Fsp3) is 0.250. The van der Waals surface area contributed by atoms with Gasteiger partial charge in [0.1, 0.15) is 0 Å². The highest BCUT2D eigenvalue weighted by Crippen LogP contribution is 2.22. The smallest absolute Gasteiger partial charge is 0.153 e. The molecule has 0 aliphatic heterocycles. The van der Waals surface area contributed by atoms with E-state index in [2.05, 4.69) is 0 Å². The Morgan fingerprint density at radius 1 is 0.714 bits per heavy atom. The molecular weight excluding hydrogens is 256 g/mol. The summed E-state index contributed by atoms with van der Waals surface area (Å²) in [5, 5.41) is 0.